The summed E-state index contributed by atoms with van der Waals surface area (Å²) >= 11 is 1.69. The molecule has 5 heteroatoms. The molecule has 1 atom stereocenters. The van der Waals surface area contributed by atoms with E-state index >= 15 is 0 Å². The average molecular weight is 334 g/mol. The number of ether oxygens (including phenoxy) is 1. The lowest BCUT2D eigenvalue weighted by Crippen LogP contribution is -2.21. The van der Waals surface area contributed by atoms with Crippen molar-refractivity contribution in [1.29, 1.82) is 0 Å². The number of hydrogen-bond donors (Lipinski definition) is 2. The zero-order valence-corrected chi connectivity index (χ0v) is 15.1. The quantitative estimate of drug-likeness (QED) is 0.769. The first-order valence-electron chi connectivity index (χ1n) is 8.05. The van der Waals surface area contributed by atoms with Crippen LogP contribution in [0.4, 0.5) is 0 Å². The molecule has 0 aliphatic heterocycles. The molecule has 1 unspecified atom stereocenters. The Morgan fingerprint density at radius 1 is 1.26 bits per heavy atom. The second kappa shape index (κ2) is 8.43. The topological polar surface area (TPSA) is 54.4 Å². The van der Waals surface area contributed by atoms with Crippen LogP contribution in [-0.2, 0) is 6.54 Å². The zero-order chi connectivity index (χ0) is 16.8. The molecule has 0 radical (unpaired) electrons. The van der Waals surface area contributed by atoms with Crippen LogP contribution in [-0.4, -0.2) is 22.7 Å². The molecule has 0 aliphatic carbocycles. The second-order valence-corrected chi connectivity index (χ2v) is 7.11. The SMILES string of the molecule is CC(C)Oc1cccc(C(O)CNCc2csc(C(C)C)n2)c1. The largest absolute Gasteiger partial charge is 0.491 e. The molecule has 4 nitrogen and oxygen atoms in total. The van der Waals surface area contributed by atoms with E-state index in [0.29, 0.717) is 19.0 Å². The predicted molar refractivity (Wildman–Crippen MR) is 95.1 cm³/mol. The second-order valence-electron chi connectivity index (χ2n) is 6.22. The maximum Gasteiger partial charge on any atom is 0.120 e. The van der Waals surface area contributed by atoms with Crippen molar-refractivity contribution in [3.63, 3.8) is 0 Å². The Hall–Kier alpha value is -1.43. The molecule has 0 fully saturated rings. The Morgan fingerprint density at radius 2 is 2.04 bits per heavy atom. The van der Waals surface area contributed by atoms with E-state index in [0.717, 1.165) is 22.0 Å². The van der Waals surface area contributed by atoms with Gasteiger partial charge in [0.1, 0.15) is 5.75 Å². The van der Waals surface area contributed by atoms with E-state index in [4.69, 9.17) is 4.74 Å². The summed E-state index contributed by atoms with van der Waals surface area (Å²) in [7, 11) is 0. The van der Waals surface area contributed by atoms with Gasteiger partial charge in [-0.15, -0.1) is 11.3 Å². The van der Waals surface area contributed by atoms with Gasteiger partial charge >= 0.3 is 0 Å². The maximum atomic E-state index is 10.3. The van der Waals surface area contributed by atoms with Gasteiger partial charge in [-0.05, 0) is 31.5 Å². The number of aliphatic hydroxyl groups is 1. The van der Waals surface area contributed by atoms with Gasteiger partial charge in [-0.1, -0.05) is 26.0 Å². The summed E-state index contributed by atoms with van der Waals surface area (Å²) in [6.07, 6.45) is -0.436. The molecule has 1 aromatic heterocycles. The Labute approximate surface area is 142 Å². The molecule has 1 heterocycles. The van der Waals surface area contributed by atoms with Crippen LogP contribution in [0.25, 0.3) is 0 Å². The maximum absolute atomic E-state index is 10.3. The van der Waals surface area contributed by atoms with E-state index < -0.39 is 6.10 Å². The Balaban J connectivity index is 1.85. The molecule has 0 aliphatic rings. The molecule has 0 spiro atoms. The molecular weight excluding hydrogens is 308 g/mol. The molecular formula is C18H26N2O2S. The number of benzene rings is 1. The Kier molecular flexibility index (Phi) is 6.57. The lowest BCUT2D eigenvalue weighted by atomic mass is 10.1. The number of aliphatic hydroxyl groups excluding tert-OH is 1. The van der Waals surface area contributed by atoms with Crippen molar-refractivity contribution in [2.24, 2.45) is 0 Å². The van der Waals surface area contributed by atoms with E-state index in [9.17, 15) is 5.11 Å². The average Bonchev–Trinajstić information content (AvgIpc) is 2.96. The van der Waals surface area contributed by atoms with Crippen molar-refractivity contribution in [3.05, 3.63) is 45.9 Å². The molecule has 1 aromatic carbocycles. The minimum absolute atomic E-state index is 0.125. The van der Waals surface area contributed by atoms with Crippen LogP contribution < -0.4 is 10.1 Å². The molecule has 23 heavy (non-hydrogen) atoms. The van der Waals surface area contributed by atoms with Crippen molar-refractivity contribution < 1.29 is 9.84 Å². The highest BCUT2D eigenvalue weighted by Gasteiger charge is 2.10. The van der Waals surface area contributed by atoms with Crippen LogP contribution in [0.15, 0.2) is 29.6 Å². The number of hydrogen-bond acceptors (Lipinski definition) is 5. The molecule has 2 rings (SSSR count). The standard InChI is InChI=1S/C18H26N2O2S/c1-12(2)18-20-15(11-23-18)9-19-10-17(21)14-6-5-7-16(8-14)22-13(3)4/h5-8,11-13,17,19,21H,9-10H2,1-4H3. The van der Waals surface area contributed by atoms with Crippen LogP contribution in [0.1, 0.15) is 56.0 Å². The molecule has 2 aromatic rings. The van der Waals surface area contributed by atoms with Gasteiger partial charge in [0.05, 0.1) is 22.9 Å². The number of nitrogens with zero attached hydrogens (tertiary/aromatic N) is 1. The van der Waals surface area contributed by atoms with Gasteiger partial charge in [-0.25, -0.2) is 4.98 Å². The highest BCUT2D eigenvalue weighted by atomic mass is 32.1. The highest BCUT2D eigenvalue weighted by molar-refractivity contribution is 7.09. The number of rotatable bonds is 8. The minimum Gasteiger partial charge on any atom is -0.491 e. The molecule has 0 amide bonds. The first-order chi connectivity index (χ1) is 11.0. The fourth-order valence-electron chi connectivity index (χ4n) is 2.19. The minimum atomic E-state index is -0.561. The summed E-state index contributed by atoms with van der Waals surface area (Å²) in [5.41, 5.74) is 1.89. The van der Waals surface area contributed by atoms with Gasteiger partial charge in [0, 0.05) is 24.4 Å². The fraction of sp³-hybridized carbons (Fsp3) is 0.500. The Morgan fingerprint density at radius 3 is 2.70 bits per heavy atom. The van der Waals surface area contributed by atoms with Crippen molar-refractivity contribution >= 4 is 11.3 Å². The predicted octanol–water partition coefficient (Wildman–Crippen LogP) is 3.88. The summed E-state index contributed by atoms with van der Waals surface area (Å²) in [5, 5.41) is 16.8. The number of thiazole rings is 1. The first-order valence-corrected chi connectivity index (χ1v) is 8.93. The van der Waals surface area contributed by atoms with Crippen LogP contribution in [0.3, 0.4) is 0 Å². The van der Waals surface area contributed by atoms with E-state index in [1.54, 1.807) is 11.3 Å². The van der Waals surface area contributed by atoms with Crippen LogP contribution in [0.5, 0.6) is 5.75 Å². The molecule has 126 valence electrons. The third-order valence-corrected chi connectivity index (χ3v) is 4.52. The zero-order valence-electron chi connectivity index (χ0n) is 14.2. The van der Waals surface area contributed by atoms with Crippen LogP contribution in [0, 0.1) is 0 Å². The molecule has 2 N–H and O–H groups in total. The van der Waals surface area contributed by atoms with Gasteiger partial charge in [0.2, 0.25) is 0 Å². The van der Waals surface area contributed by atoms with Crippen LogP contribution >= 0.6 is 11.3 Å². The normalized spacial score (nSPS) is 12.8. The van der Waals surface area contributed by atoms with Crippen molar-refractivity contribution in [2.75, 3.05) is 6.54 Å². The number of nitrogens with one attached hydrogen (secondary N) is 1. The van der Waals surface area contributed by atoms with E-state index in [-0.39, 0.29) is 6.10 Å². The monoisotopic (exact) mass is 334 g/mol. The lowest BCUT2D eigenvalue weighted by molar-refractivity contribution is 0.173. The third-order valence-electron chi connectivity index (χ3n) is 3.32. The van der Waals surface area contributed by atoms with Crippen molar-refractivity contribution in [3.8, 4) is 5.75 Å². The highest BCUT2D eigenvalue weighted by Crippen LogP contribution is 2.21. The summed E-state index contributed by atoms with van der Waals surface area (Å²) < 4.78 is 5.66. The van der Waals surface area contributed by atoms with Crippen molar-refractivity contribution in [2.45, 2.75) is 52.4 Å². The summed E-state index contributed by atoms with van der Waals surface area (Å²) in [6.45, 7) is 9.42. The lowest BCUT2D eigenvalue weighted by Gasteiger charge is -2.15. The van der Waals surface area contributed by atoms with Crippen LogP contribution in [0.2, 0.25) is 0 Å². The molecule has 0 saturated carbocycles. The third kappa shape index (κ3) is 5.61. The summed E-state index contributed by atoms with van der Waals surface area (Å²) in [6, 6.07) is 7.63. The number of aromatic nitrogens is 1. The van der Waals surface area contributed by atoms with E-state index in [2.05, 4.69) is 29.5 Å². The summed E-state index contributed by atoms with van der Waals surface area (Å²) in [4.78, 5) is 4.58. The molecule has 0 saturated heterocycles. The van der Waals surface area contributed by atoms with Gasteiger partial charge in [0.15, 0.2) is 0 Å². The molecule has 0 bridgehead atoms. The van der Waals surface area contributed by atoms with Gasteiger partial charge in [-0.3, -0.25) is 0 Å². The summed E-state index contributed by atoms with van der Waals surface area (Å²) in [5.74, 6) is 1.25. The Bertz CT molecular complexity index is 611. The van der Waals surface area contributed by atoms with Gasteiger partial charge in [-0.2, -0.15) is 0 Å². The smallest absolute Gasteiger partial charge is 0.120 e. The van der Waals surface area contributed by atoms with Crippen molar-refractivity contribution in [1.82, 2.24) is 10.3 Å². The fourth-order valence-corrected chi connectivity index (χ4v) is 3.03. The first kappa shape index (κ1) is 17.9. The van der Waals surface area contributed by atoms with Gasteiger partial charge < -0.3 is 15.2 Å². The van der Waals surface area contributed by atoms with E-state index in [1.165, 1.54) is 0 Å². The van der Waals surface area contributed by atoms with Gasteiger partial charge in [0.25, 0.3) is 0 Å². The van der Waals surface area contributed by atoms with E-state index in [1.807, 2.05) is 38.1 Å².